The number of fused-ring (bicyclic) bond motifs is 1. The Morgan fingerprint density at radius 3 is 2.64 bits per heavy atom. The molecule has 0 unspecified atom stereocenters. The zero-order valence-electron chi connectivity index (χ0n) is 20.1. The first-order valence-electron chi connectivity index (χ1n) is 11.5. The van der Waals surface area contributed by atoms with Crippen LogP contribution in [0.5, 0.6) is 11.5 Å². The molecule has 2 heterocycles. The first-order valence-corrected chi connectivity index (χ1v) is 11.5. The summed E-state index contributed by atoms with van der Waals surface area (Å²) in [6.07, 6.45) is 5.06. The maximum atomic E-state index is 6.07. The summed E-state index contributed by atoms with van der Waals surface area (Å²) in [5, 5.41) is 4.51. The van der Waals surface area contributed by atoms with Gasteiger partial charge in [0.2, 0.25) is 0 Å². The average molecular weight is 445 g/mol. The van der Waals surface area contributed by atoms with E-state index in [4.69, 9.17) is 14.5 Å². The van der Waals surface area contributed by atoms with Crippen molar-refractivity contribution >= 4 is 28.5 Å². The molecule has 1 aliphatic heterocycles. The number of aliphatic imine (C=N–C) groups is 1. The van der Waals surface area contributed by atoms with Crippen molar-refractivity contribution in [1.82, 2.24) is 9.97 Å². The van der Waals surface area contributed by atoms with Crippen LogP contribution in [0, 0.1) is 12.8 Å². The molecular weight excluding hydrogens is 412 g/mol. The van der Waals surface area contributed by atoms with Gasteiger partial charge in [-0.25, -0.2) is 9.97 Å². The number of rotatable bonds is 9. The number of benzene rings is 2. The van der Waals surface area contributed by atoms with Crippen molar-refractivity contribution in [3.05, 3.63) is 59.4 Å². The van der Waals surface area contributed by atoms with Crippen LogP contribution in [0.25, 0.3) is 16.5 Å². The Bertz CT molecular complexity index is 1200. The van der Waals surface area contributed by atoms with Gasteiger partial charge in [-0.3, -0.25) is 4.99 Å². The Hall–Kier alpha value is -3.41. The van der Waals surface area contributed by atoms with E-state index in [2.05, 4.69) is 66.4 Å². The second kappa shape index (κ2) is 10.0. The fraction of sp³-hybridized carbons (Fsp3) is 0.370. The monoisotopic (exact) mass is 444 g/mol. The Labute approximate surface area is 195 Å². The lowest BCUT2D eigenvalue weighted by atomic mass is 10.0. The van der Waals surface area contributed by atoms with Crippen LogP contribution in [0.4, 0.5) is 5.82 Å². The first-order chi connectivity index (χ1) is 15.9. The van der Waals surface area contributed by atoms with Gasteiger partial charge in [-0.1, -0.05) is 38.1 Å². The second-order valence-electron chi connectivity index (χ2n) is 8.82. The standard InChI is InChI=1S/C27H32N4O2/c1-17(2)10-12-33-26-14-23-24(15-25(26)32-5)30-19(4)31-27(23)29-18(3)20-7-6-8-21(13-20)22-9-11-28-16-22/h6-9,13-18H,10-12H2,1-5H3,(H,29,30,31)/t18-/m1/s1. The molecule has 6 nitrogen and oxygen atoms in total. The lowest BCUT2D eigenvalue weighted by Gasteiger charge is -2.19. The van der Waals surface area contributed by atoms with Crippen LogP contribution in [-0.4, -0.2) is 36.4 Å². The maximum absolute atomic E-state index is 6.07. The van der Waals surface area contributed by atoms with Gasteiger partial charge in [-0.2, -0.15) is 0 Å². The van der Waals surface area contributed by atoms with E-state index in [1.165, 1.54) is 16.7 Å². The maximum Gasteiger partial charge on any atom is 0.162 e. The molecule has 0 amide bonds. The predicted octanol–water partition coefficient (Wildman–Crippen LogP) is 6.01. The molecule has 0 fully saturated rings. The van der Waals surface area contributed by atoms with Crippen molar-refractivity contribution < 1.29 is 9.47 Å². The number of nitrogens with one attached hydrogen (secondary N) is 1. The van der Waals surface area contributed by atoms with Crippen LogP contribution in [-0.2, 0) is 0 Å². The Kier molecular flexibility index (Phi) is 6.92. The van der Waals surface area contributed by atoms with Crippen LogP contribution in [0.3, 0.4) is 0 Å². The normalized spacial score (nSPS) is 13.9. The van der Waals surface area contributed by atoms with Crippen LogP contribution in [0.1, 0.15) is 50.2 Å². The number of anilines is 1. The number of nitrogens with zero attached hydrogens (tertiary/aromatic N) is 3. The van der Waals surface area contributed by atoms with E-state index in [-0.39, 0.29) is 6.04 Å². The van der Waals surface area contributed by atoms with Crippen molar-refractivity contribution in [1.29, 1.82) is 0 Å². The topological polar surface area (TPSA) is 68.6 Å². The summed E-state index contributed by atoms with van der Waals surface area (Å²) < 4.78 is 11.6. The lowest BCUT2D eigenvalue weighted by molar-refractivity contribution is 0.273. The van der Waals surface area contributed by atoms with E-state index >= 15 is 0 Å². The summed E-state index contributed by atoms with van der Waals surface area (Å²) >= 11 is 0. The summed E-state index contributed by atoms with van der Waals surface area (Å²) in [5.74, 6) is 3.45. The molecule has 1 atom stereocenters. The molecule has 0 bridgehead atoms. The number of allylic oxidation sites excluding steroid dienone is 1. The highest BCUT2D eigenvalue weighted by molar-refractivity contribution is 6.11. The lowest BCUT2D eigenvalue weighted by Crippen LogP contribution is -2.10. The highest BCUT2D eigenvalue weighted by Gasteiger charge is 2.16. The molecule has 1 aliphatic rings. The van der Waals surface area contributed by atoms with E-state index in [1.807, 2.05) is 25.3 Å². The quantitative estimate of drug-likeness (QED) is 0.437. The summed E-state index contributed by atoms with van der Waals surface area (Å²) in [6.45, 7) is 9.81. The second-order valence-corrected chi connectivity index (χ2v) is 8.82. The fourth-order valence-electron chi connectivity index (χ4n) is 3.86. The number of methoxy groups -OCH3 is 1. The van der Waals surface area contributed by atoms with Crippen molar-refractivity contribution in [2.75, 3.05) is 25.6 Å². The van der Waals surface area contributed by atoms with E-state index in [9.17, 15) is 0 Å². The van der Waals surface area contributed by atoms with E-state index in [0.29, 0.717) is 29.8 Å². The first kappa shape index (κ1) is 22.8. The zero-order chi connectivity index (χ0) is 23.4. The van der Waals surface area contributed by atoms with E-state index < -0.39 is 0 Å². The number of hydrogen-bond acceptors (Lipinski definition) is 6. The molecule has 1 aromatic heterocycles. The van der Waals surface area contributed by atoms with Gasteiger partial charge >= 0.3 is 0 Å². The number of ether oxygens (including phenoxy) is 2. The van der Waals surface area contributed by atoms with E-state index in [0.717, 1.165) is 29.7 Å². The van der Waals surface area contributed by atoms with Gasteiger partial charge in [0.05, 0.1) is 25.8 Å². The van der Waals surface area contributed by atoms with Crippen LogP contribution < -0.4 is 14.8 Å². The molecule has 33 heavy (non-hydrogen) atoms. The fourth-order valence-corrected chi connectivity index (χ4v) is 3.86. The third-order valence-electron chi connectivity index (χ3n) is 5.77. The molecular formula is C27H32N4O2. The minimum atomic E-state index is 0.0498. The van der Waals surface area contributed by atoms with Crippen LogP contribution >= 0.6 is 0 Å². The van der Waals surface area contributed by atoms with Gasteiger partial charge in [-0.15, -0.1) is 0 Å². The third kappa shape index (κ3) is 5.33. The molecule has 1 N–H and O–H groups in total. The third-order valence-corrected chi connectivity index (χ3v) is 5.77. The van der Waals surface area contributed by atoms with Gasteiger partial charge in [0, 0.05) is 23.7 Å². The van der Waals surface area contributed by atoms with Gasteiger partial charge in [0.15, 0.2) is 11.5 Å². The Balaban J connectivity index is 1.65. The van der Waals surface area contributed by atoms with Crippen molar-refractivity contribution in [2.45, 2.75) is 40.2 Å². The van der Waals surface area contributed by atoms with Crippen molar-refractivity contribution in [3.8, 4) is 11.5 Å². The Morgan fingerprint density at radius 2 is 1.91 bits per heavy atom. The molecule has 0 saturated heterocycles. The summed E-state index contributed by atoms with van der Waals surface area (Å²) in [6, 6.07) is 12.5. The van der Waals surface area contributed by atoms with Crippen molar-refractivity contribution in [2.24, 2.45) is 10.9 Å². The van der Waals surface area contributed by atoms with Crippen molar-refractivity contribution in [3.63, 3.8) is 0 Å². The SMILES string of the molecule is COc1cc2nc(C)nc(N[C@H](C)c3cccc(C4=CCN=C4)c3)c2cc1OCCC(C)C. The molecule has 172 valence electrons. The summed E-state index contributed by atoms with van der Waals surface area (Å²) in [7, 11) is 1.66. The molecule has 0 radical (unpaired) electrons. The highest BCUT2D eigenvalue weighted by atomic mass is 16.5. The van der Waals surface area contributed by atoms with Gasteiger partial charge in [-0.05, 0) is 55.0 Å². The number of aromatic nitrogens is 2. The summed E-state index contributed by atoms with van der Waals surface area (Å²) in [4.78, 5) is 13.7. The van der Waals surface area contributed by atoms with Gasteiger partial charge in [0.1, 0.15) is 11.6 Å². The molecule has 3 aromatic rings. The molecule has 4 rings (SSSR count). The smallest absolute Gasteiger partial charge is 0.162 e. The van der Waals surface area contributed by atoms with Gasteiger partial charge in [0.25, 0.3) is 0 Å². The number of hydrogen-bond donors (Lipinski definition) is 1. The molecule has 0 aliphatic carbocycles. The minimum Gasteiger partial charge on any atom is -0.493 e. The average Bonchev–Trinajstić information content (AvgIpc) is 3.34. The molecule has 0 spiro atoms. The molecule has 0 saturated carbocycles. The van der Waals surface area contributed by atoms with Gasteiger partial charge < -0.3 is 14.8 Å². The van der Waals surface area contributed by atoms with Crippen LogP contribution in [0.2, 0.25) is 0 Å². The summed E-state index contributed by atoms with van der Waals surface area (Å²) in [5.41, 5.74) is 4.35. The number of aryl methyl sites for hydroxylation is 1. The highest BCUT2D eigenvalue weighted by Crippen LogP contribution is 2.35. The largest absolute Gasteiger partial charge is 0.493 e. The zero-order valence-corrected chi connectivity index (χ0v) is 20.1. The Morgan fingerprint density at radius 1 is 1.06 bits per heavy atom. The van der Waals surface area contributed by atoms with E-state index in [1.54, 1.807) is 7.11 Å². The molecule has 2 aromatic carbocycles. The predicted molar refractivity (Wildman–Crippen MR) is 136 cm³/mol. The molecule has 6 heteroatoms. The minimum absolute atomic E-state index is 0.0498. The van der Waals surface area contributed by atoms with Crippen LogP contribution in [0.15, 0.2) is 47.5 Å².